The fraction of sp³-hybridized carbons (Fsp3) is 0.222. The van der Waals surface area contributed by atoms with Gasteiger partial charge in [0.05, 0.1) is 16.8 Å². The molecule has 1 aromatic heterocycles. The van der Waals surface area contributed by atoms with Crippen molar-refractivity contribution in [2.24, 2.45) is 0 Å². The molecule has 0 saturated carbocycles. The zero-order valence-corrected chi connectivity index (χ0v) is 13.3. The van der Waals surface area contributed by atoms with Gasteiger partial charge in [0.15, 0.2) is 5.13 Å². The predicted molar refractivity (Wildman–Crippen MR) is 92.2 cm³/mol. The van der Waals surface area contributed by atoms with Gasteiger partial charge in [0, 0.05) is 6.42 Å². The largest absolute Gasteiger partial charge is 0.284 e. The van der Waals surface area contributed by atoms with E-state index in [0.717, 1.165) is 27.3 Å². The Morgan fingerprint density at radius 3 is 2.55 bits per heavy atom. The molecule has 0 fully saturated rings. The zero-order chi connectivity index (χ0) is 15.4. The van der Waals surface area contributed by atoms with Gasteiger partial charge >= 0.3 is 0 Å². The Kier molecular flexibility index (Phi) is 4.49. The second kappa shape index (κ2) is 6.71. The average Bonchev–Trinajstić information content (AvgIpc) is 2.97. The highest BCUT2D eigenvalue weighted by Crippen LogP contribution is 2.30. The number of anilines is 1. The van der Waals surface area contributed by atoms with Crippen molar-refractivity contribution in [3.8, 4) is 0 Å². The van der Waals surface area contributed by atoms with Gasteiger partial charge in [-0.3, -0.25) is 9.69 Å². The monoisotopic (exact) mass is 310 g/mol. The first-order chi connectivity index (χ1) is 10.8. The van der Waals surface area contributed by atoms with Crippen LogP contribution in [0, 0.1) is 0 Å². The Morgan fingerprint density at radius 2 is 1.82 bits per heavy atom. The number of nitrogens with zero attached hydrogens (tertiary/aromatic N) is 2. The van der Waals surface area contributed by atoms with Crippen molar-refractivity contribution in [3.63, 3.8) is 0 Å². The SMILES string of the molecule is CCCC(=O)N(Cc1ccccc1)c1nc2ccccc2s1. The molecule has 3 aromatic rings. The van der Waals surface area contributed by atoms with Crippen molar-refractivity contribution in [1.82, 2.24) is 4.98 Å². The molecule has 0 aliphatic carbocycles. The molecule has 2 aromatic carbocycles. The third-order valence-corrected chi connectivity index (χ3v) is 4.52. The molecule has 0 N–H and O–H groups in total. The topological polar surface area (TPSA) is 33.2 Å². The minimum absolute atomic E-state index is 0.130. The van der Waals surface area contributed by atoms with E-state index in [1.165, 1.54) is 0 Å². The first kappa shape index (κ1) is 14.7. The molecule has 1 amide bonds. The minimum Gasteiger partial charge on any atom is -0.284 e. The van der Waals surface area contributed by atoms with Crippen LogP contribution in [0.2, 0.25) is 0 Å². The maximum atomic E-state index is 12.5. The summed E-state index contributed by atoms with van der Waals surface area (Å²) in [5.41, 5.74) is 2.07. The average molecular weight is 310 g/mol. The number of fused-ring (bicyclic) bond motifs is 1. The Labute approximate surface area is 134 Å². The highest BCUT2D eigenvalue weighted by atomic mass is 32.1. The van der Waals surface area contributed by atoms with Crippen molar-refractivity contribution >= 4 is 32.6 Å². The van der Waals surface area contributed by atoms with E-state index >= 15 is 0 Å². The number of thiazole rings is 1. The Hall–Kier alpha value is -2.20. The third kappa shape index (κ3) is 3.17. The highest BCUT2D eigenvalue weighted by molar-refractivity contribution is 7.22. The van der Waals surface area contributed by atoms with Crippen LogP contribution in [-0.2, 0) is 11.3 Å². The van der Waals surface area contributed by atoms with Gasteiger partial charge in [-0.1, -0.05) is 60.7 Å². The second-order valence-electron chi connectivity index (χ2n) is 5.18. The molecule has 22 heavy (non-hydrogen) atoms. The normalized spacial score (nSPS) is 10.8. The summed E-state index contributed by atoms with van der Waals surface area (Å²) in [6.45, 7) is 2.59. The van der Waals surface area contributed by atoms with Gasteiger partial charge in [-0.2, -0.15) is 0 Å². The number of hydrogen-bond donors (Lipinski definition) is 0. The number of amides is 1. The Bertz CT molecular complexity index is 734. The van der Waals surface area contributed by atoms with Gasteiger partial charge in [-0.25, -0.2) is 4.98 Å². The first-order valence-electron chi connectivity index (χ1n) is 7.48. The van der Waals surface area contributed by atoms with Crippen LogP contribution in [-0.4, -0.2) is 10.9 Å². The molecule has 0 spiro atoms. The molecule has 0 radical (unpaired) electrons. The Balaban J connectivity index is 1.95. The fourth-order valence-corrected chi connectivity index (χ4v) is 3.33. The van der Waals surface area contributed by atoms with Crippen LogP contribution in [0.5, 0.6) is 0 Å². The van der Waals surface area contributed by atoms with Crippen LogP contribution in [0.15, 0.2) is 54.6 Å². The number of aromatic nitrogens is 1. The van der Waals surface area contributed by atoms with E-state index in [1.807, 2.05) is 66.4 Å². The highest BCUT2D eigenvalue weighted by Gasteiger charge is 2.19. The molecule has 0 unspecified atom stereocenters. The lowest BCUT2D eigenvalue weighted by molar-refractivity contribution is -0.118. The van der Waals surface area contributed by atoms with Gasteiger partial charge in [-0.05, 0) is 24.1 Å². The number of para-hydroxylation sites is 1. The van der Waals surface area contributed by atoms with E-state index in [-0.39, 0.29) is 5.91 Å². The van der Waals surface area contributed by atoms with Crippen molar-refractivity contribution in [1.29, 1.82) is 0 Å². The van der Waals surface area contributed by atoms with Crippen molar-refractivity contribution in [2.75, 3.05) is 4.90 Å². The van der Waals surface area contributed by atoms with Crippen LogP contribution in [0.25, 0.3) is 10.2 Å². The van der Waals surface area contributed by atoms with E-state index in [4.69, 9.17) is 0 Å². The zero-order valence-electron chi connectivity index (χ0n) is 12.5. The maximum Gasteiger partial charge on any atom is 0.229 e. The molecule has 0 bridgehead atoms. The number of benzene rings is 2. The second-order valence-corrected chi connectivity index (χ2v) is 6.19. The molecule has 1 heterocycles. The van der Waals surface area contributed by atoms with E-state index in [0.29, 0.717) is 13.0 Å². The molecule has 4 heteroatoms. The summed E-state index contributed by atoms with van der Waals surface area (Å²) in [5, 5.41) is 0.781. The van der Waals surface area contributed by atoms with Gasteiger partial charge < -0.3 is 0 Å². The fourth-order valence-electron chi connectivity index (χ4n) is 2.35. The maximum absolute atomic E-state index is 12.5. The first-order valence-corrected chi connectivity index (χ1v) is 8.29. The van der Waals surface area contributed by atoms with Crippen LogP contribution >= 0.6 is 11.3 Å². The lowest BCUT2D eigenvalue weighted by Crippen LogP contribution is -2.29. The summed E-state index contributed by atoms with van der Waals surface area (Å²) in [4.78, 5) is 19.0. The van der Waals surface area contributed by atoms with Gasteiger partial charge in [0.1, 0.15) is 0 Å². The van der Waals surface area contributed by atoms with Crippen LogP contribution in [0.3, 0.4) is 0 Å². The number of carbonyl (C=O) groups excluding carboxylic acids is 1. The van der Waals surface area contributed by atoms with Crippen LogP contribution in [0.1, 0.15) is 25.3 Å². The van der Waals surface area contributed by atoms with Gasteiger partial charge in [-0.15, -0.1) is 0 Å². The summed E-state index contributed by atoms with van der Waals surface area (Å²) in [6, 6.07) is 18.1. The smallest absolute Gasteiger partial charge is 0.229 e. The molecule has 0 aliphatic rings. The van der Waals surface area contributed by atoms with E-state index < -0.39 is 0 Å². The molecule has 0 atom stereocenters. The molecule has 3 nitrogen and oxygen atoms in total. The van der Waals surface area contributed by atoms with E-state index in [2.05, 4.69) is 4.98 Å². The summed E-state index contributed by atoms with van der Waals surface area (Å²) < 4.78 is 1.11. The molecule has 112 valence electrons. The number of rotatable bonds is 5. The molecular formula is C18H18N2OS. The lowest BCUT2D eigenvalue weighted by Gasteiger charge is -2.19. The number of carbonyl (C=O) groups is 1. The van der Waals surface area contributed by atoms with Crippen molar-refractivity contribution in [3.05, 3.63) is 60.2 Å². The Morgan fingerprint density at radius 1 is 1.09 bits per heavy atom. The molecule has 0 aliphatic heterocycles. The van der Waals surface area contributed by atoms with E-state index in [1.54, 1.807) is 11.3 Å². The molecule has 3 rings (SSSR count). The summed E-state index contributed by atoms with van der Waals surface area (Å²) in [5.74, 6) is 0.130. The molecular weight excluding hydrogens is 292 g/mol. The lowest BCUT2D eigenvalue weighted by atomic mass is 10.2. The summed E-state index contributed by atoms with van der Waals surface area (Å²) >= 11 is 1.57. The summed E-state index contributed by atoms with van der Waals surface area (Å²) in [7, 11) is 0. The van der Waals surface area contributed by atoms with Crippen molar-refractivity contribution in [2.45, 2.75) is 26.3 Å². The molecule has 0 saturated heterocycles. The predicted octanol–water partition coefficient (Wildman–Crippen LogP) is 4.63. The quantitative estimate of drug-likeness (QED) is 0.688. The standard InChI is InChI=1S/C18H18N2OS/c1-2-8-17(21)20(13-14-9-4-3-5-10-14)18-19-15-11-6-7-12-16(15)22-18/h3-7,9-12H,2,8,13H2,1H3. The van der Waals surface area contributed by atoms with E-state index in [9.17, 15) is 4.79 Å². The van der Waals surface area contributed by atoms with Crippen molar-refractivity contribution < 1.29 is 4.79 Å². The van der Waals surface area contributed by atoms with Crippen LogP contribution < -0.4 is 4.90 Å². The van der Waals surface area contributed by atoms with Crippen LogP contribution in [0.4, 0.5) is 5.13 Å². The minimum atomic E-state index is 0.130. The van der Waals surface area contributed by atoms with Gasteiger partial charge in [0.25, 0.3) is 0 Å². The summed E-state index contributed by atoms with van der Waals surface area (Å²) in [6.07, 6.45) is 1.39. The third-order valence-electron chi connectivity index (χ3n) is 3.46. The van der Waals surface area contributed by atoms with Gasteiger partial charge in [0.2, 0.25) is 5.91 Å². The number of hydrogen-bond acceptors (Lipinski definition) is 3.